The maximum absolute atomic E-state index is 5.16. The van der Waals surface area contributed by atoms with E-state index in [1.54, 1.807) is 14.2 Å². The maximum atomic E-state index is 5.16. The molecule has 0 saturated heterocycles. The summed E-state index contributed by atoms with van der Waals surface area (Å²) in [5, 5.41) is 0. The summed E-state index contributed by atoms with van der Waals surface area (Å²) in [6, 6.07) is 16.3. The molecule has 2 nitrogen and oxygen atoms in total. The van der Waals surface area contributed by atoms with Crippen LogP contribution >= 0.6 is 0 Å². The minimum atomic E-state index is 0.889. The molecule has 0 N–H and O–H groups in total. The van der Waals surface area contributed by atoms with Crippen LogP contribution in [0.2, 0.25) is 0 Å². The van der Waals surface area contributed by atoms with E-state index in [4.69, 9.17) is 9.47 Å². The molecule has 0 atom stereocenters. The molecule has 0 aliphatic heterocycles. The van der Waals surface area contributed by atoms with Gasteiger partial charge in [-0.2, -0.15) is 0 Å². The molecular weight excluding hydrogens is 284 g/mol. The molecule has 0 saturated carbocycles. The van der Waals surface area contributed by atoms with Gasteiger partial charge in [-0.1, -0.05) is 48.6 Å². The smallest absolute Gasteiger partial charge is 0.118 e. The Bertz CT molecular complexity index is 622. The third-order valence-electron chi connectivity index (χ3n) is 3.62. The highest BCUT2D eigenvalue weighted by atomic mass is 16.5. The van der Waals surface area contributed by atoms with Crippen molar-refractivity contribution < 1.29 is 9.47 Å². The summed E-state index contributed by atoms with van der Waals surface area (Å²) in [6.07, 6.45) is 11.8. The van der Waals surface area contributed by atoms with E-state index in [1.807, 2.05) is 24.3 Å². The third-order valence-corrected chi connectivity index (χ3v) is 3.62. The molecule has 120 valence electrons. The molecule has 0 aromatic heterocycles. The Labute approximate surface area is 139 Å². The van der Waals surface area contributed by atoms with Gasteiger partial charge in [0.15, 0.2) is 0 Å². The normalized spacial score (nSPS) is 11.2. The summed E-state index contributed by atoms with van der Waals surface area (Å²) < 4.78 is 10.3. The Kier molecular flexibility index (Phi) is 6.99. The second-order valence-electron chi connectivity index (χ2n) is 5.27. The van der Waals surface area contributed by atoms with Gasteiger partial charge in [0.1, 0.15) is 11.5 Å². The van der Waals surface area contributed by atoms with Crippen molar-refractivity contribution in [1.29, 1.82) is 0 Å². The van der Waals surface area contributed by atoms with Gasteiger partial charge in [0.25, 0.3) is 0 Å². The minimum absolute atomic E-state index is 0.889. The second kappa shape index (κ2) is 9.52. The van der Waals surface area contributed by atoms with Crippen LogP contribution in [0.15, 0.2) is 66.8 Å². The average Bonchev–Trinajstić information content (AvgIpc) is 2.62. The number of benzene rings is 2. The van der Waals surface area contributed by atoms with E-state index in [9.17, 15) is 0 Å². The van der Waals surface area contributed by atoms with Gasteiger partial charge >= 0.3 is 0 Å². The molecule has 0 aliphatic rings. The van der Waals surface area contributed by atoms with E-state index < -0.39 is 0 Å². The average molecular weight is 308 g/mol. The van der Waals surface area contributed by atoms with Crippen LogP contribution in [0.3, 0.4) is 0 Å². The largest absolute Gasteiger partial charge is 0.497 e. The first-order chi connectivity index (χ1) is 11.3. The molecule has 2 rings (SSSR count). The Morgan fingerprint density at radius 2 is 1.35 bits per heavy atom. The van der Waals surface area contributed by atoms with Gasteiger partial charge in [0, 0.05) is 0 Å². The van der Waals surface area contributed by atoms with Crippen molar-refractivity contribution in [2.24, 2.45) is 0 Å². The molecule has 0 fully saturated rings. The Morgan fingerprint density at radius 1 is 0.739 bits per heavy atom. The van der Waals surface area contributed by atoms with E-state index in [0.29, 0.717) is 0 Å². The molecule has 2 heteroatoms. The Morgan fingerprint density at radius 3 is 1.96 bits per heavy atom. The third kappa shape index (κ3) is 6.03. The monoisotopic (exact) mass is 308 g/mol. The van der Waals surface area contributed by atoms with E-state index in [2.05, 4.69) is 48.6 Å². The first kappa shape index (κ1) is 16.9. The lowest BCUT2D eigenvalue weighted by Crippen LogP contribution is -1.85. The van der Waals surface area contributed by atoms with E-state index in [0.717, 1.165) is 30.8 Å². The molecule has 23 heavy (non-hydrogen) atoms. The fraction of sp³-hybridized carbons (Fsp3) is 0.238. The maximum Gasteiger partial charge on any atom is 0.118 e. The number of hydrogen-bond donors (Lipinski definition) is 0. The fourth-order valence-corrected chi connectivity index (χ4v) is 2.25. The highest BCUT2D eigenvalue weighted by molar-refractivity contribution is 5.50. The molecule has 0 amide bonds. The van der Waals surface area contributed by atoms with E-state index >= 15 is 0 Å². The molecule has 2 aromatic rings. The van der Waals surface area contributed by atoms with Crippen molar-refractivity contribution in [3.8, 4) is 11.5 Å². The van der Waals surface area contributed by atoms with Crippen molar-refractivity contribution in [2.75, 3.05) is 14.2 Å². The number of ether oxygens (including phenoxy) is 2. The van der Waals surface area contributed by atoms with Crippen molar-refractivity contribution in [3.05, 3.63) is 77.9 Å². The molecule has 0 aliphatic carbocycles. The van der Waals surface area contributed by atoms with Gasteiger partial charge in [-0.05, 0) is 54.7 Å². The number of aryl methyl sites for hydroxylation is 1. The zero-order chi connectivity index (χ0) is 16.3. The van der Waals surface area contributed by atoms with Crippen LogP contribution in [0.1, 0.15) is 24.0 Å². The molecule has 0 spiro atoms. The Balaban J connectivity index is 1.68. The summed E-state index contributed by atoms with van der Waals surface area (Å²) in [5.74, 6) is 1.80. The second-order valence-corrected chi connectivity index (χ2v) is 5.27. The predicted molar refractivity (Wildman–Crippen MR) is 97.1 cm³/mol. The standard InChI is InChI=1S/C21H24O2/c1-22-20-14-10-18(11-15-20)8-6-4-3-5-7-9-19-12-16-21(23-2)17-13-19/h3-4,7,9-17H,5-6,8H2,1-2H3. The molecule has 0 heterocycles. The number of allylic oxidation sites excluding steroid dienone is 3. The van der Waals surface area contributed by atoms with E-state index in [1.165, 1.54) is 11.1 Å². The van der Waals surface area contributed by atoms with Crippen molar-refractivity contribution >= 4 is 6.08 Å². The quantitative estimate of drug-likeness (QED) is 0.616. The first-order valence-electron chi connectivity index (χ1n) is 7.90. The summed E-state index contributed by atoms with van der Waals surface area (Å²) in [5.41, 5.74) is 2.53. The lowest BCUT2D eigenvalue weighted by atomic mass is 10.1. The van der Waals surface area contributed by atoms with Gasteiger partial charge in [0.05, 0.1) is 14.2 Å². The van der Waals surface area contributed by atoms with Crippen LogP contribution < -0.4 is 9.47 Å². The van der Waals surface area contributed by atoms with Crippen LogP contribution in [0.4, 0.5) is 0 Å². The molecule has 2 aromatic carbocycles. The number of hydrogen-bond acceptors (Lipinski definition) is 2. The first-order valence-corrected chi connectivity index (χ1v) is 7.90. The number of methoxy groups -OCH3 is 2. The SMILES string of the molecule is COc1ccc(C=CCC=CCCc2ccc(OC)cc2)cc1. The van der Waals surface area contributed by atoms with Crippen LogP contribution in [0.25, 0.3) is 6.08 Å². The van der Waals surface area contributed by atoms with Gasteiger partial charge < -0.3 is 9.47 Å². The summed E-state index contributed by atoms with van der Waals surface area (Å²) in [7, 11) is 3.37. The Hall–Kier alpha value is -2.48. The molecular formula is C21H24O2. The van der Waals surface area contributed by atoms with Crippen LogP contribution in [0.5, 0.6) is 11.5 Å². The van der Waals surface area contributed by atoms with Crippen molar-refractivity contribution in [3.63, 3.8) is 0 Å². The highest BCUT2D eigenvalue weighted by Gasteiger charge is 1.93. The summed E-state index contributed by atoms with van der Waals surface area (Å²) in [6.45, 7) is 0. The zero-order valence-corrected chi connectivity index (χ0v) is 13.9. The molecule has 0 radical (unpaired) electrons. The predicted octanol–water partition coefficient (Wildman–Crippen LogP) is 5.30. The fourth-order valence-electron chi connectivity index (χ4n) is 2.25. The lowest BCUT2D eigenvalue weighted by molar-refractivity contribution is 0.414. The molecule has 0 bridgehead atoms. The van der Waals surface area contributed by atoms with Gasteiger partial charge in [-0.25, -0.2) is 0 Å². The van der Waals surface area contributed by atoms with Crippen molar-refractivity contribution in [2.45, 2.75) is 19.3 Å². The van der Waals surface area contributed by atoms with Crippen LogP contribution in [0, 0.1) is 0 Å². The van der Waals surface area contributed by atoms with Gasteiger partial charge in [-0.3, -0.25) is 0 Å². The molecule has 0 unspecified atom stereocenters. The van der Waals surface area contributed by atoms with Crippen LogP contribution in [-0.4, -0.2) is 14.2 Å². The van der Waals surface area contributed by atoms with Gasteiger partial charge in [-0.15, -0.1) is 0 Å². The highest BCUT2D eigenvalue weighted by Crippen LogP contribution is 2.13. The lowest BCUT2D eigenvalue weighted by Gasteiger charge is -2.01. The summed E-state index contributed by atoms with van der Waals surface area (Å²) >= 11 is 0. The minimum Gasteiger partial charge on any atom is -0.497 e. The zero-order valence-electron chi connectivity index (χ0n) is 13.9. The summed E-state index contributed by atoms with van der Waals surface area (Å²) in [4.78, 5) is 0. The van der Waals surface area contributed by atoms with Crippen molar-refractivity contribution in [1.82, 2.24) is 0 Å². The van der Waals surface area contributed by atoms with Crippen LogP contribution in [-0.2, 0) is 6.42 Å². The topological polar surface area (TPSA) is 18.5 Å². The van der Waals surface area contributed by atoms with Gasteiger partial charge in [0.2, 0.25) is 0 Å². The van der Waals surface area contributed by atoms with E-state index in [-0.39, 0.29) is 0 Å². The number of rotatable bonds is 8.